The SMILES string of the molecule is COC(=O)C1=C(C)N=c2s/c(=C\c3cccnc3)c(=O)n2[C@@H]1c1ccccc1. The van der Waals surface area contributed by atoms with E-state index in [1.165, 1.54) is 18.4 Å². The number of methoxy groups -OCH3 is 1. The smallest absolute Gasteiger partial charge is 0.338 e. The van der Waals surface area contributed by atoms with E-state index < -0.39 is 12.0 Å². The maximum absolute atomic E-state index is 13.3. The molecule has 2 aromatic heterocycles. The Balaban J connectivity index is 1.99. The van der Waals surface area contributed by atoms with Crippen LogP contribution in [0.1, 0.15) is 24.1 Å². The fourth-order valence-corrected chi connectivity index (χ4v) is 4.30. The zero-order valence-electron chi connectivity index (χ0n) is 15.3. The molecule has 28 heavy (non-hydrogen) atoms. The molecule has 3 heterocycles. The summed E-state index contributed by atoms with van der Waals surface area (Å²) < 4.78 is 7.09. The van der Waals surface area contributed by atoms with Gasteiger partial charge >= 0.3 is 5.97 Å². The number of rotatable bonds is 3. The van der Waals surface area contributed by atoms with Crippen molar-refractivity contribution >= 4 is 23.4 Å². The van der Waals surface area contributed by atoms with E-state index in [0.717, 1.165) is 11.1 Å². The molecule has 0 spiro atoms. The number of benzene rings is 1. The normalized spacial score (nSPS) is 16.5. The van der Waals surface area contributed by atoms with Crippen LogP contribution >= 0.6 is 11.3 Å². The average molecular weight is 391 g/mol. The average Bonchev–Trinajstić information content (AvgIpc) is 3.02. The molecular formula is C21H17N3O3S. The van der Waals surface area contributed by atoms with E-state index >= 15 is 0 Å². The van der Waals surface area contributed by atoms with Crippen LogP contribution in [0.5, 0.6) is 0 Å². The lowest BCUT2D eigenvalue weighted by atomic mass is 9.96. The number of nitrogens with zero attached hydrogens (tertiary/aromatic N) is 3. The number of thiazole rings is 1. The highest BCUT2D eigenvalue weighted by Crippen LogP contribution is 2.30. The highest BCUT2D eigenvalue weighted by atomic mass is 32.1. The van der Waals surface area contributed by atoms with Gasteiger partial charge in [0.2, 0.25) is 0 Å². The van der Waals surface area contributed by atoms with Crippen molar-refractivity contribution in [1.29, 1.82) is 0 Å². The zero-order valence-corrected chi connectivity index (χ0v) is 16.1. The summed E-state index contributed by atoms with van der Waals surface area (Å²) in [6, 6.07) is 12.6. The van der Waals surface area contributed by atoms with Gasteiger partial charge in [-0.15, -0.1) is 0 Å². The van der Waals surface area contributed by atoms with Gasteiger partial charge in [-0.1, -0.05) is 47.7 Å². The van der Waals surface area contributed by atoms with E-state index in [1.54, 1.807) is 30.0 Å². The number of aromatic nitrogens is 2. The quantitative estimate of drug-likeness (QED) is 0.638. The second kappa shape index (κ2) is 7.36. The molecule has 0 aliphatic carbocycles. The van der Waals surface area contributed by atoms with Crippen molar-refractivity contribution in [3.63, 3.8) is 0 Å². The molecule has 1 aliphatic heterocycles. The molecular weight excluding hydrogens is 374 g/mol. The lowest BCUT2D eigenvalue weighted by molar-refractivity contribution is -0.136. The molecule has 0 amide bonds. The Hall–Kier alpha value is -3.32. The fourth-order valence-electron chi connectivity index (χ4n) is 3.26. The predicted molar refractivity (Wildman–Crippen MR) is 106 cm³/mol. The van der Waals surface area contributed by atoms with Gasteiger partial charge in [0.1, 0.15) is 0 Å². The molecule has 0 saturated heterocycles. The van der Waals surface area contributed by atoms with Crippen molar-refractivity contribution in [3.05, 3.63) is 96.9 Å². The summed E-state index contributed by atoms with van der Waals surface area (Å²) in [5, 5.41) is 0. The standard InChI is InChI=1S/C21H17N3O3S/c1-13-17(20(26)27-2)18(15-8-4-3-5-9-15)24-19(25)16(28-21(24)23-13)11-14-7-6-10-22-12-14/h3-12,18H,1-2H3/b16-11-/t18-/m1/s1. The number of allylic oxidation sites excluding steroid dienone is 1. The van der Waals surface area contributed by atoms with Crippen LogP contribution in [0, 0.1) is 0 Å². The van der Waals surface area contributed by atoms with E-state index in [4.69, 9.17) is 4.74 Å². The summed E-state index contributed by atoms with van der Waals surface area (Å²) in [7, 11) is 1.33. The highest BCUT2D eigenvalue weighted by molar-refractivity contribution is 7.07. The number of carbonyl (C=O) groups excluding carboxylic acids is 1. The van der Waals surface area contributed by atoms with E-state index in [0.29, 0.717) is 20.6 Å². The van der Waals surface area contributed by atoms with Crippen LogP contribution in [-0.4, -0.2) is 22.6 Å². The third-order valence-electron chi connectivity index (χ3n) is 4.52. The van der Waals surface area contributed by atoms with Gasteiger partial charge in [-0.3, -0.25) is 14.3 Å². The van der Waals surface area contributed by atoms with Crippen molar-refractivity contribution in [2.24, 2.45) is 4.99 Å². The minimum absolute atomic E-state index is 0.199. The fraction of sp³-hybridized carbons (Fsp3) is 0.143. The number of ether oxygens (including phenoxy) is 1. The Bertz CT molecular complexity index is 1240. The van der Waals surface area contributed by atoms with Crippen LogP contribution in [-0.2, 0) is 9.53 Å². The number of hydrogen-bond donors (Lipinski definition) is 0. The third-order valence-corrected chi connectivity index (χ3v) is 5.51. The van der Waals surface area contributed by atoms with Crippen molar-refractivity contribution in [3.8, 4) is 0 Å². The first kappa shape index (κ1) is 18.1. The number of pyridine rings is 1. The van der Waals surface area contributed by atoms with Crippen LogP contribution in [0.2, 0.25) is 0 Å². The van der Waals surface area contributed by atoms with Crippen LogP contribution in [0.25, 0.3) is 6.08 Å². The van der Waals surface area contributed by atoms with Gasteiger partial charge in [0.15, 0.2) is 4.80 Å². The van der Waals surface area contributed by atoms with E-state index in [9.17, 15) is 9.59 Å². The van der Waals surface area contributed by atoms with Crippen LogP contribution in [0.3, 0.4) is 0 Å². The Morgan fingerprint density at radius 1 is 1.21 bits per heavy atom. The summed E-state index contributed by atoms with van der Waals surface area (Å²) in [6.45, 7) is 1.76. The van der Waals surface area contributed by atoms with Gasteiger partial charge in [0, 0.05) is 12.4 Å². The molecule has 1 aliphatic rings. The molecule has 0 unspecified atom stereocenters. The first-order valence-electron chi connectivity index (χ1n) is 8.66. The molecule has 0 N–H and O–H groups in total. The largest absolute Gasteiger partial charge is 0.466 e. The van der Waals surface area contributed by atoms with Crippen molar-refractivity contribution in [2.75, 3.05) is 7.11 Å². The van der Waals surface area contributed by atoms with Gasteiger partial charge in [0.05, 0.1) is 29.0 Å². The molecule has 6 nitrogen and oxygen atoms in total. The van der Waals surface area contributed by atoms with Gasteiger partial charge in [-0.25, -0.2) is 9.79 Å². The first-order valence-corrected chi connectivity index (χ1v) is 9.47. The lowest BCUT2D eigenvalue weighted by Gasteiger charge is -2.24. The lowest BCUT2D eigenvalue weighted by Crippen LogP contribution is -2.39. The molecule has 0 saturated carbocycles. The summed E-state index contributed by atoms with van der Waals surface area (Å²) in [5.41, 5.74) is 2.37. The van der Waals surface area contributed by atoms with Gasteiger partial charge in [-0.05, 0) is 30.2 Å². The zero-order chi connectivity index (χ0) is 19.7. The number of carbonyl (C=O) groups is 1. The Morgan fingerprint density at radius 3 is 2.68 bits per heavy atom. The Kier molecular flexibility index (Phi) is 4.75. The second-order valence-electron chi connectivity index (χ2n) is 6.27. The third kappa shape index (κ3) is 3.10. The molecule has 1 aromatic carbocycles. The van der Waals surface area contributed by atoms with E-state index in [-0.39, 0.29) is 5.56 Å². The molecule has 140 valence electrons. The van der Waals surface area contributed by atoms with Gasteiger partial charge in [-0.2, -0.15) is 0 Å². The van der Waals surface area contributed by atoms with Crippen LogP contribution < -0.4 is 14.9 Å². The van der Waals surface area contributed by atoms with Crippen molar-refractivity contribution in [2.45, 2.75) is 13.0 Å². The summed E-state index contributed by atoms with van der Waals surface area (Å²) in [6.07, 6.45) is 5.16. The highest BCUT2D eigenvalue weighted by Gasteiger charge is 2.32. The monoisotopic (exact) mass is 391 g/mol. The summed E-state index contributed by atoms with van der Waals surface area (Å²) in [4.78, 5) is 34.9. The Labute approximate surface area is 164 Å². The molecule has 1 atom stereocenters. The molecule has 0 radical (unpaired) electrons. The maximum Gasteiger partial charge on any atom is 0.338 e. The maximum atomic E-state index is 13.3. The van der Waals surface area contributed by atoms with Crippen LogP contribution in [0.15, 0.2) is 75.9 Å². The van der Waals surface area contributed by atoms with E-state index in [1.807, 2.05) is 42.5 Å². The topological polar surface area (TPSA) is 73.6 Å². The molecule has 0 bridgehead atoms. The van der Waals surface area contributed by atoms with Gasteiger partial charge < -0.3 is 4.74 Å². The van der Waals surface area contributed by atoms with Crippen molar-refractivity contribution < 1.29 is 9.53 Å². The number of fused-ring (bicyclic) bond motifs is 1. The minimum atomic E-state index is -0.582. The summed E-state index contributed by atoms with van der Waals surface area (Å²) in [5.74, 6) is -0.489. The molecule has 3 aromatic rings. The number of esters is 1. The Morgan fingerprint density at radius 2 is 2.00 bits per heavy atom. The number of hydrogen-bond acceptors (Lipinski definition) is 6. The second-order valence-corrected chi connectivity index (χ2v) is 7.28. The molecule has 4 rings (SSSR count). The predicted octanol–water partition coefficient (Wildman–Crippen LogP) is 1.80. The summed E-state index contributed by atoms with van der Waals surface area (Å²) >= 11 is 1.29. The van der Waals surface area contributed by atoms with Gasteiger partial charge in [0.25, 0.3) is 5.56 Å². The van der Waals surface area contributed by atoms with Crippen molar-refractivity contribution in [1.82, 2.24) is 9.55 Å². The molecule has 7 heteroatoms. The minimum Gasteiger partial charge on any atom is -0.466 e. The first-order chi connectivity index (χ1) is 13.6. The van der Waals surface area contributed by atoms with E-state index in [2.05, 4.69) is 9.98 Å². The van der Waals surface area contributed by atoms with Crippen LogP contribution in [0.4, 0.5) is 0 Å². The molecule has 0 fully saturated rings.